The fourth-order valence-electron chi connectivity index (χ4n) is 2.12. The van der Waals surface area contributed by atoms with Gasteiger partial charge in [0.25, 0.3) is 0 Å². The maximum absolute atomic E-state index is 13.7. The summed E-state index contributed by atoms with van der Waals surface area (Å²) in [6.45, 7) is 3.21. The van der Waals surface area contributed by atoms with Gasteiger partial charge in [0.2, 0.25) is 5.91 Å². The Hall–Kier alpha value is -1.37. The second-order valence-corrected chi connectivity index (χ2v) is 4.68. The van der Waals surface area contributed by atoms with E-state index in [1.807, 2.05) is 6.92 Å². The molecule has 1 aromatic rings. The molecular weight excluding hydrogens is 299 g/mol. The smallest absolute Gasteiger partial charge is 0.240 e. The number of methoxy groups -OCH3 is 1. The first-order chi connectivity index (χ1) is 9.61. The van der Waals surface area contributed by atoms with Gasteiger partial charge in [-0.05, 0) is 13.0 Å². The van der Waals surface area contributed by atoms with E-state index in [2.05, 4.69) is 10.6 Å². The summed E-state index contributed by atoms with van der Waals surface area (Å²) in [7, 11) is 1.48. The summed E-state index contributed by atoms with van der Waals surface area (Å²) in [5, 5.41) is 5.80. The van der Waals surface area contributed by atoms with Gasteiger partial charge in [0.15, 0.2) is 0 Å². The minimum atomic E-state index is -0.398. The van der Waals surface area contributed by atoms with Gasteiger partial charge in [0.1, 0.15) is 17.6 Å². The van der Waals surface area contributed by atoms with Crippen molar-refractivity contribution in [3.05, 3.63) is 29.6 Å². The van der Waals surface area contributed by atoms with Gasteiger partial charge in [-0.25, -0.2) is 4.39 Å². The topological polar surface area (TPSA) is 59.6 Å². The largest absolute Gasteiger partial charge is 0.497 e. The monoisotopic (exact) mass is 318 g/mol. The van der Waals surface area contributed by atoms with E-state index in [4.69, 9.17) is 9.47 Å². The molecule has 2 atom stereocenters. The van der Waals surface area contributed by atoms with E-state index in [9.17, 15) is 9.18 Å². The number of morpholine rings is 1. The van der Waals surface area contributed by atoms with Gasteiger partial charge in [-0.15, -0.1) is 12.4 Å². The number of benzene rings is 1. The maximum Gasteiger partial charge on any atom is 0.240 e. The van der Waals surface area contributed by atoms with E-state index in [1.54, 1.807) is 12.1 Å². The van der Waals surface area contributed by atoms with Crippen LogP contribution < -0.4 is 15.4 Å². The van der Waals surface area contributed by atoms with E-state index < -0.39 is 11.9 Å². The lowest BCUT2D eigenvalue weighted by molar-refractivity contribution is -0.129. The van der Waals surface area contributed by atoms with Crippen molar-refractivity contribution in [1.82, 2.24) is 10.6 Å². The van der Waals surface area contributed by atoms with Crippen LogP contribution >= 0.6 is 12.4 Å². The van der Waals surface area contributed by atoms with Crippen LogP contribution in [0.3, 0.4) is 0 Å². The van der Waals surface area contributed by atoms with Crippen LogP contribution in [0.1, 0.15) is 12.5 Å². The molecule has 0 spiro atoms. The number of carbonyl (C=O) groups excluding carboxylic acids is 1. The normalized spacial score (nSPS) is 21.3. The minimum absolute atomic E-state index is 0. The number of amides is 1. The van der Waals surface area contributed by atoms with Crippen LogP contribution in [0.4, 0.5) is 4.39 Å². The maximum atomic E-state index is 13.7. The lowest BCUT2D eigenvalue weighted by atomic mass is 10.1. The van der Waals surface area contributed by atoms with Crippen LogP contribution in [-0.4, -0.2) is 38.3 Å². The van der Waals surface area contributed by atoms with E-state index in [-0.39, 0.29) is 31.0 Å². The molecule has 1 aliphatic heterocycles. The number of carbonyl (C=O) groups is 1. The molecule has 2 rings (SSSR count). The second kappa shape index (κ2) is 8.17. The molecule has 5 nitrogen and oxygen atoms in total. The lowest BCUT2D eigenvalue weighted by Gasteiger charge is -2.29. The highest BCUT2D eigenvalue weighted by Gasteiger charge is 2.28. The molecule has 1 aromatic carbocycles. The van der Waals surface area contributed by atoms with Gasteiger partial charge >= 0.3 is 0 Å². The molecule has 2 N–H and O–H groups in total. The Morgan fingerprint density at radius 3 is 2.95 bits per heavy atom. The van der Waals surface area contributed by atoms with Crippen molar-refractivity contribution in [2.75, 3.05) is 20.3 Å². The van der Waals surface area contributed by atoms with Crippen LogP contribution in [0.5, 0.6) is 5.75 Å². The first kappa shape index (κ1) is 17.7. The van der Waals surface area contributed by atoms with Crippen LogP contribution in [-0.2, 0) is 16.1 Å². The van der Waals surface area contributed by atoms with Gasteiger partial charge < -0.3 is 20.1 Å². The molecule has 1 saturated heterocycles. The Labute approximate surface area is 129 Å². The standard InChI is InChI=1S/C14H19FN2O3.ClH/c1-9-13(16-5-6-20-9)14(18)17-8-10-3-4-11(19-2)7-12(10)15;/h3-4,7,9,13,16H,5-6,8H2,1-2H3,(H,17,18);1H/t9-,13+;/m1./s1. The number of hydrogen-bond acceptors (Lipinski definition) is 4. The highest BCUT2D eigenvalue weighted by Crippen LogP contribution is 2.16. The van der Waals surface area contributed by atoms with Crippen LogP contribution in [0.15, 0.2) is 18.2 Å². The van der Waals surface area contributed by atoms with E-state index in [0.29, 0.717) is 24.5 Å². The molecule has 1 heterocycles. The minimum Gasteiger partial charge on any atom is -0.497 e. The molecule has 0 aliphatic carbocycles. The third kappa shape index (κ3) is 4.56. The molecule has 1 fully saturated rings. The number of nitrogens with one attached hydrogen (secondary N) is 2. The summed E-state index contributed by atoms with van der Waals surface area (Å²) in [6.07, 6.45) is -0.190. The van der Waals surface area contributed by atoms with Crippen molar-refractivity contribution in [2.24, 2.45) is 0 Å². The first-order valence-electron chi connectivity index (χ1n) is 6.57. The van der Waals surface area contributed by atoms with Gasteiger partial charge in [0, 0.05) is 24.7 Å². The number of hydrogen-bond donors (Lipinski definition) is 2. The third-order valence-electron chi connectivity index (χ3n) is 3.31. The van der Waals surface area contributed by atoms with Crippen LogP contribution in [0.2, 0.25) is 0 Å². The van der Waals surface area contributed by atoms with Gasteiger partial charge in [-0.3, -0.25) is 4.79 Å². The fraction of sp³-hybridized carbons (Fsp3) is 0.500. The summed E-state index contributed by atoms with van der Waals surface area (Å²) in [6, 6.07) is 4.16. The zero-order valence-electron chi connectivity index (χ0n) is 12.0. The summed E-state index contributed by atoms with van der Waals surface area (Å²) in [5.41, 5.74) is 0.420. The Bertz CT molecular complexity index is 487. The lowest BCUT2D eigenvalue weighted by Crippen LogP contribution is -2.55. The molecule has 0 aromatic heterocycles. The van der Waals surface area contributed by atoms with E-state index in [1.165, 1.54) is 13.2 Å². The average Bonchev–Trinajstić information content (AvgIpc) is 2.46. The van der Waals surface area contributed by atoms with Crippen LogP contribution in [0.25, 0.3) is 0 Å². The highest BCUT2D eigenvalue weighted by atomic mass is 35.5. The highest BCUT2D eigenvalue weighted by molar-refractivity contribution is 5.85. The molecule has 0 radical (unpaired) electrons. The van der Waals surface area contributed by atoms with E-state index >= 15 is 0 Å². The molecule has 7 heteroatoms. The third-order valence-corrected chi connectivity index (χ3v) is 3.31. The predicted molar refractivity (Wildman–Crippen MR) is 79.3 cm³/mol. The molecule has 0 saturated carbocycles. The van der Waals surface area contributed by atoms with Gasteiger partial charge in [0.05, 0.1) is 19.8 Å². The number of ether oxygens (including phenoxy) is 2. The second-order valence-electron chi connectivity index (χ2n) is 4.68. The molecule has 1 amide bonds. The number of rotatable bonds is 4. The van der Waals surface area contributed by atoms with Crippen molar-refractivity contribution in [3.63, 3.8) is 0 Å². The first-order valence-corrected chi connectivity index (χ1v) is 6.57. The molecular formula is C14H20ClFN2O3. The zero-order chi connectivity index (χ0) is 14.5. The molecule has 0 unspecified atom stereocenters. The van der Waals surface area contributed by atoms with Gasteiger partial charge in [-0.1, -0.05) is 6.07 Å². The summed E-state index contributed by atoms with van der Waals surface area (Å²) >= 11 is 0. The SMILES string of the molecule is COc1ccc(CNC(=O)[C@H]2NCCO[C@@H]2C)c(F)c1.Cl. The molecule has 0 bridgehead atoms. The number of halogens is 2. The Morgan fingerprint density at radius 2 is 2.33 bits per heavy atom. The van der Waals surface area contributed by atoms with Crippen molar-refractivity contribution >= 4 is 18.3 Å². The summed E-state index contributed by atoms with van der Waals surface area (Å²) in [5.74, 6) is -0.133. The summed E-state index contributed by atoms with van der Waals surface area (Å²) in [4.78, 5) is 12.0. The van der Waals surface area contributed by atoms with Crippen LogP contribution in [0, 0.1) is 5.82 Å². The van der Waals surface area contributed by atoms with Crippen molar-refractivity contribution < 1.29 is 18.7 Å². The zero-order valence-corrected chi connectivity index (χ0v) is 12.8. The quantitative estimate of drug-likeness (QED) is 0.877. The predicted octanol–water partition coefficient (Wildman–Crippen LogP) is 1.25. The Morgan fingerprint density at radius 1 is 1.57 bits per heavy atom. The molecule has 21 heavy (non-hydrogen) atoms. The van der Waals surface area contributed by atoms with Crippen molar-refractivity contribution in [3.8, 4) is 5.75 Å². The average molecular weight is 319 g/mol. The van der Waals surface area contributed by atoms with E-state index in [0.717, 1.165) is 0 Å². The fourth-order valence-corrected chi connectivity index (χ4v) is 2.12. The van der Waals surface area contributed by atoms with Gasteiger partial charge in [-0.2, -0.15) is 0 Å². The van der Waals surface area contributed by atoms with Crippen molar-refractivity contribution in [2.45, 2.75) is 25.6 Å². The molecule has 1 aliphatic rings. The molecule has 118 valence electrons. The van der Waals surface area contributed by atoms with Crippen molar-refractivity contribution in [1.29, 1.82) is 0 Å². The Kier molecular flexibility index (Phi) is 6.87. The summed E-state index contributed by atoms with van der Waals surface area (Å²) < 4.78 is 24.1. The Balaban J connectivity index is 0.00000220.